The van der Waals surface area contributed by atoms with E-state index in [1.165, 1.54) is 105 Å². The lowest BCUT2D eigenvalue weighted by Crippen LogP contribution is -2.61. The Bertz CT molecular complexity index is 5630. The molecule has 16 rings (SSSR count). The number of benzene rings is 13. The predicted molar refractivity (Wildman–Crippen MR) is 469 cm³/mol. The molecule has 0 fully saturated rings. The van der Waals surface area contributed by atoms with Gasteiger partial charge in [-0.25, -0.2) is 0 Å². The molecular weight excluding hydrogens is 1300 g/mol. The summed E-state index contributed by atoms with van der Waals surface area (Å²) in [4.78, 5) is 5.51. The van der Waals surface area contributed by atoms with Gasteiger partial charge in [0, 0.05) is 61.5 Å². The Kier molecular flexibility index (Phi) is 17.6. The summed E-state index contributed by atoms with van der Waals surface area (Å²) in [5.41, 5.74) is 36.8. The van der Waals surface area contributed by atoms with E-state index in [9.17, 15) is 0 Å². The Hall–Kier alpha value is -10.7. The van der Waals surface area contributed by atoms with E-state index < -0.39 is 0 Å². The van der Waals surface area contributed by atoms with Crippen molar-refractivity contribution in [3.63, 3.8) is 0 Å². The monoisotopic (exact) mass is 1410 g/mol. The van der Waals surface area contributed by atoms with Crippen LogP contribution in [0.5, 0.6) is 0 Å². The molecule has 3 heterocycles. The van der Waals surface area contributed by atoms with E-state index >= 15 is 0 Å². The summed E-state index contributed by atoms with van der Waals surface area (Å²) >= 11 is 0. The van der Waals surface area contributed by atoms with Gasteiger partial charge in [0.05, 0.1) is 22.4 Å². The van der Waals surface area contributed by atoms with Crippen LogP contribution in [0.1, 0.15) is 182 Å². The van der Waals surface area contributed by atoms with Gasteiger partial charge in [-0.05, 0) is 205 Å². The van der Waals surface area contributed by atoms with Crippen molar-refractivity contribution in [2.75, 3.05) is 9.80 Å². The molecule has 2 aliphatic rings. The van der Waals surface area contributed by atoms with E-state index in [0.29, 0.717) is 5.92 Å². The van der Waals surface area contributed by atoms with Gasteiger partial charge in [-0.3, -0.25) is 0 Å². The van der Waals surface area contributed by atoms with Gasteiger partial charge >= 0.3 is 0 Å². The normalized spacial score (nSPS) is 13.2. The van der Waals surface area contributed by atoms with Crippen molar-refractivity contribution in [2.45, 2.75) is 170 Å². The molecule has 4 heteroatoms. The third-order valence-electron chi connectivity index (χ3n) is 23.3. The highest BCUT2D eigenvalue weighted by molar-refractivity contribution is 7.00. The molecule has 3 nitrogen and oxygen atoms in total. The maximum absolute atomic E-state index is 2.77. The van der Waals surface area contributed by atoms with Crippen LogP contribution in [0.3, 0.4) is 0 Å². The zero-order valence-electron chi connectivity index (χ0n) is 67.1. The van der Waals surface area contributed by atoms with Gasteiger partial charge in [0.15, 0.2) is 0 Å². The fraction of sp³-hybridized carbons (Fsp3) is 0.250. The fourth-order valence-corrected chi connectivity index (χ4v) is 17.2. The van der Waals surface area contributed by atoms with Crippen LogP contribution in [0.2, 0.25) is 0 Å². The van der Waals surface area contributed by atoms with E-state index in [-0.39, 0.29) is 39.7 Å². The fourth-order valence-electron chi connectivity index (χ4n) is 17.2. The van der Waals surface area contributed by atoms with Crippen LogP contribution in [0, 0.1) is 0 Å². The van der Waals surface area contributed by atoms with Gasteiger partial charge < -0.3 is 14.4 Å². The largest absolute Gasteiger partial charge is 0.310 e. The molecule has 0 radical (unpaired) electrons. The summed E-state index contributed by atoms with van der Waals surface area (Å²) in [5, 5.41) is 2.53. The van der Waals surface area contributed by atoms with Crippen molar-refractivity contribution >= 4 is 79.0 Å². The molecule has 0 amide bonds. The third-order valence-corrected chi connectivity index (χ3v) is 23.3. The van der Waals surface area contributed by atoms with Gasteiger partial charge in [-0.15, -0.1) is 0 Å². The molecule has 0 saturated heterocycles. The SMILES string of the molecule is CC(C)c1ccc(-c2ccc3c(c2)N(c2c(-c4ccccc4)cc(C(C)(C)C)cc2-c2ccccc2)c2cc(-c4ccc(C(C)(C)C)cc4C(C)(C)C)cc4c2B3c2ccc(-n3c5ccc(C(C)(C)C)cc5c5cc(C(C)(C)C)ccc53)cc2N4c2c(-c3ccccc3)cccc2-c2ccccc2)c(C(C)C)c1. The van der Waals surface area contributed by atoms with Crippen molar-refractivity contribution in [2.24, 2.45) is 0 Å². The zero-order chi connectivity index (χ0) is 75.8. The van der Waals surface area contributed by atoms with Crippen LogP contribution in [0.15, 0.2) is 273 Å². The number of para-hydroxylation sites is 1. The van der Waals surface area contributed by atoms with Crippen LogP contribution in [0.25, 0.3) is 94.3 Å². The minimum absolute atomic E-state index is 0.0591. The molecule has 13 aromatic carbocycles. The van der Waals surface area contributed by atoms with Crippen LogP contribution < -0.4 is 26.2 Å². The summed E-state index contributed by atoms with van der Waals surface area (Å²) < 4.78 is 2.57. The molecule has 2 aliphatic heterocycles. The lowest BCUT2D eigenvalue weighted by atomic mass is 9.33. The average molecular weight is 1410 g/mol. The number of anilines is 6. The summed E-state index contributed by atoms with van der Waals surface area (Å²) in [6.07, 6.45) is 0. The first-order valence-electron chi connectivity index (χ1n) is 39.4. The van der Waals surface area contributed by atoms with Gasteiger partial charge in [0.1, 0.15) is 0 Å². The molecule has 0 bridgehead atoms. The van der Waals surface area contributed by atoms with Gasteiger partial charge in [-0.1, -0.05) is 338 Å². The molecule has 0 aliphatic carbocycles. The molecule has 14 aromatic rings. The number of fused-ring (bicyclic) bond motifs is 7. The van der Waals surface area contributed by atoms with E-state index in [2.05, 4.69) is 419 Å². The van der Waals surface area contributed by atoms with E-state index in [4.69, 9.17) is 0 Å². The number of hydrogen-bond donors (Lipinski definition) is 0. The Balaban J connectivity index is 1.13. The summed E-state index contributed by atoms with van der Waals surface area (Å²) in [6, 6.07) is 107. The van der Waals surface area contributed by atoms with Crippen molar-refractivity contribution in [1.82, 2.24) is 4.57 Å². The summed E-state index contributed by atoms with van der Waals surface area (Å²) in [6.45, 7) is 44.6. The highest BCUT2D eigenvalue weighted by Crippen LogP contribution is 2.56. The molecule has 1 aromatic heterocycles. The summed E-state index contributed by atoms with van der Waals surface area (Å²) in [5.74, 6) is 0.661. The lowest BCUT2D eigenvalue weighted by molar-refractivity contribution is 0.570. The first-order valence-corrected chi connectivity index (χ1v) is 39.4. The smallest absolute Gasteiger partial charge is 0.252 e. The second kappa shape index (κ2) is 26.6. The second-order valence-corrected chi connectivity index (χ2v) is 36.6. The molecule has 0 atom stereocenters. The van der Waals surface area contributed by atoms with Gasteiger partial charge in [0.2, 0.25) is 0 Å². The van der Waals surface area contributed by atoms with Crippen molar-refractivity contribution in [3.8, 4) is 72.4 Å². The number of rotatable bonds is 11. The van der Waals surface area contributed by atoms with Crippen LogP contribution in [-0.4, -0.2) is 11.3 Å². The Morgan fingerprint density at radius 3 is 1.15 bits per heavy atom. The lowest BCUT2D eigenvalue weighted by Gasteiger charge is -2.46. The maximum Gasteiger partial charge on any atom is 0.252 e. The topological polar surface area (TPSA) is 11.4 Å². The molecule has 0 saturated carbocycles. The van der Waals surface area contributed by atoms with E-state index in [1.807, 2.05) is 0 Å². The van der Waals surface area contributed by atoms with Gasteiger partial charge in [-0.2, -0.15) is 0 Å². The first-order chi connectivity index (χ1) is 51.4. The standard InChI is InChI=1S/C104H104BN3/c1-65(2)71-43-49-79(83(55-71)66(3)4)72-44-51-89-93(56-72)107(99-84(69-37-28-22-29-38-69)61-77(103(14,15)16)62-85(99)70-39-30-23-31-40-70)95-57-73(80-50-45-76(102(11,12)13)63-88(80)104(17,18)19)58-96-97(95)105(89)90-52-48-78(106-91-53-46-74(100(5,6)7)59-86(91)87-60-75(101(8,9)10)47-54-92(87)106)64-94(90)108(96)98-81(67-33-24-20-25-34-67)41-32-42-82(98)68-35-26-21-27-36-68/h20-66H,1-19H3. The van der Waals surface area contributed by atoms with Crippen LogP contribution in [0.4, 0.5) is 34.1 Å². The molecule has 108 heavy (non-hydrogen) atoms. The summed E-state index contributed by atoms with van der Waals surface area (Å²) in [7, 11) is 0. The predicted octanol–water partition coefficient (Wildman–Crippen LogP) is 27.6. The van der Waals surface area contributed by atoms with Crippen LogP contribution in [-0.2, 0) is 27.1 Å². The minimum atomic E-state index is -0.248. The average Bonchev–Trinajstić information content (AvgIpc) is 0.827. The Morgan fingerprint density at radius 1 is 0.278 bits per heavy atom. The molecule has 0 N–H and O–H groups in total. The Morgan fingerprint density at radius 2 is 0.694 bits per heavy atom. The molecule has 0 spiro atoms. The molecular formula is C104H104BN3. The molecule has 0 unspecified atom stereocenters. The molecule has 538 valence electrons. The van der Waals surface area contributed by atoms with Crippen LogP contribution >= 0.6 is 0 Å². The maximum atomic E-state index is 2.77. The third kappa shape index (κ3) is 12.6. The van der Waals surface area contributed by atoms with Crippen molar-refractivity contribution in [3.05, 3.63) is 312 Å². The first kappa shape index (κ1) is 71.6. The quantitative estimate of drug-likeness (QED) is 0.120. The van der Waals surface area contributed by atoms with E-state index in [0.717, 1.165) is 78.8 Å². The Labute approximate surface area is 644 Å². The number of aromatic nitrogens is 1. The second-order valence-electron chi connectivity index (χ2n) is 36.6. The minimum Gasteiger partial charge on any atom is -0.310 e. The highest BCUT2D eigenvalue weighted by Gasteiger charge is 2.46. The zero-order valence-corrected chi connectivity index (χ0v) is 67.1. The number of nitrogens with zero attached hydrogens (tertiary/aromatic N) is 3. The van der Waals surface area contributed by atoms with Crippen molar-refractivity contribution in [1.29, 1.82) is 0 Å². The van der Waals surface area contributed by atoms with Gasteiger partial charge in [0.25, 0.3) is 6.71 Å². The highest BCUT2D eigenvalue weighted by atomic mass is 15.2. The van der Waals surface area contributed by atoms with Crippen molar-refractivity contribution < 1.29 is 0 Å². The number of hydrogen-bond acceptors (Lipinski definition) is 2. The van der Waals surface area contributed by atoms with E-state index in [1.54, 1.807) is 0 Å².